The predicted octanol–water partition coefficient (Wildman–Crippen LogP) is 4.18. The fourth-order valence-electron chi connectivity index (χ4n) is 2.47. The summed E-state index contributed by atoms with van der Waals surface area (Å²) in [4.78, 5) is 35.8. The fraction of sp³-hybridized carbons (Fsp3) is 0.150. The summed E-state index contributed by atoms with van der Waals surface area (Å²) in [6, 6.07) is 12.3. The summed E-state index contributed by atoms with van der Waals surface area (Å²) in [5.41, 5.74) is 1.10. The van der Waals surface area contributed by atoms with Crippen molar-refractivity contribution in [3.63, 3.8) is 0 Å². The Balaban J connectivity index is 1.61. The Morgan fingerprint density at radius 2 is 1.64 bits per heavy atom. The monoisotopic (exact) mass is 400 g/mol. The smallest absolute Gasteiger partial charge is 0.349 e. The van der Waals surface area contributed by atoms with Gasteiger partial charge in [-0.15, -0.1) is 11.3 Å². The van der Waals surface area contributed by atoms with Crippen LogP contribution in [0.4, 0.5) is 15.8 Å². The van der Waals surface area contributed by atoms with Crippen LogP contribution in [0.1, 0.15) is 23.5 Å². The van der Waals surface area contributed by atoms with Gasteiger partial charge in [0.2, 0.25) is 5.91 Å². The quantitative estimate of drug-likeness (QED) is 0.629. The lowest BCUT2D eigenvalue weighted by Crippen LogP contribution is -2.29. The highest BCUT2D eigenvalue weighted by molar-refractivity contribution is 7.20. The summed E-state index contributed by atoms with van der Waals surface area (Å²) in [5, 5.41) is 5.87. The standard InChI is InChI=1S/C20H17FN2O4S/c1-11(19(25)23-16-6-4-15(5-7-16)22-12(2)24)27-20(26)18-10-13-9-14(21)3-8-17(13)28-18/h3-11H,1-2H3,(H,22,24)(H,23,25)/t11-/m1/s1. The molecule has 0 radical (unpaired) electrons. The van der Waals surface area contributed by atoms with E-state index in [1.807, 2.05) is 0 Å². The van der Waals surface area contributed by atoms with E-state index in [1.165, 1.54) is 43.4 Å². The van der Waals surface area contributed by atoms with Crippen LogP contribution in [0.5, 0.6) is 0 Å². The Morgan fingerprint density at radius 1 is 1.00 bits per heavy atom. The molecule has 0 aliphatic heterocycles. The van der Waals surface area contributed by atoms with Crippen LogP contribution in [0.2, 0.25) is 0 Å². The van der Waals surface area contributed by atoms with Crippen molar-refractivity contribution in [2.45, 2.75) is 20.0 Å². The normalized spacial score (nSPS) is 11.7. The number of hydrogen-bond acceptors (Lipinski definition) is 5. The zero-order valence-corrected chi connectivity index (χ0v) is 15.9. The van der Waals surface area contributed by atoms with Crippen LogP contribution in [0.3, 0.4) is 0 Å². The molecule has 0 bridgehead atoms. The van der Waals surface area contributed by atoms with Gasteiger partial charge in [0.15, 0.2) is 6.10 Å². The maximum Gasteiger partial charge on any atom is 0.349 e. The Labute approximate surface area is 164 Å². The first-order valence-corrected chi connectivity index (χ1v) is 9.22. The van der Waals surface area contributed by atoms with Crippen LogP contribution in [0, 0.1) is 5.82 Å². The molecule has 0 spiro atoms. The molecule has 0 saturated carbocycles. The van der Waals surface area contributed by atoms with Gasteiger partial charge >= 0.3 is 5.97 Å². The van der Waals surface area contributed by atoms with E-state index in [4.69, 9.17) is 4.74 Å². The number of anilines is 2. The van der Waals surface area contributed by atoms with Gasteiger partial charge < -0.3 is 15.4 Å². The van der Waals surface area contributed by atoms with Crippen molar-refractivity contribution in [1.82, 2.24) is 0 Å². The highest BCUT2D eigenvalue weighted by Crippen LogP contribution is 2.27. The topological polar surface area (TPSA) is 84.5 Å². The van der Waals surface area contributed by atoms with E-state index < -0.39 is 18.0 Å². The fourth-order valence-corrected chi connectivity index (χ4v) is 3.40. The highest BCUT2D eigenvalue weighted by Gasteiger charge is 2.20. The Hall–Kier alpha value is -3.26. The minimum atomic E-state index is -1.02. The van der Waals surface area contributed by atoms with Crippen LogP contribution < -0.4 is 10.6 Å². The summed E-state index contributed by atoms with van der Waals surface area (Å²) < 4.78 is 19.2. The zero-order chi connectivity index (χ0) is 20.3. The van der Waals surface area contributed by atoms with Crippen molar-refractivity contribution in [3.05, 3.63) is 59.2 Å². The first-order valence-electron chi connectivity index (χ1n) is 8.40. The van der Waals surface area contributed by atoms with Gasteiger partial charge in [0, 0.05) is 23.0 Å². The van der Waals surface area contributed by atoms with Crippen molar-refractivity contribution in [2.24, 2.45) is 0 Å². The Bertz CT molecular complexity index is 1050. The minimum absolute atomic E-state index is 0.193. The van der Waals surface area contributed by atoms with E-state index in [0.29, 0.717) is 21.6 Å². The van der Waals surface area contributed by atoms with Crippen molar-refractivity contribution in [3.8, 4) is 0 Å². The van der Waals surface area contributed by atoms with Crippen molar-refractivity contribution < 1.29 is 23.5 Å². The Morgan fingerprint density at radius 3 is 2.29 bits per heavy atom. The number of benzene rings is 2. The average Bonchev–Trinajstić information content (AvgIpc) is 3.06. The van der Waals surface area contributed by atoms with E-state index in [9.17, 15) is 18.8 Å². The molecular formula is C20H17FN2O4S. The van der Waals surface area contributed by atoms with Gasteiger partial charge in [-0.3, -0.25) is 9.59 Å². The van der Waals surface area contributed by atoms with E-state index in [0.717, 1.165) is 4.70 Å². The second kappa shape index (κ2) is 8.18. The number of fused-ring (bicyclic) bond motifs is 1. The maximum atomic E-state index is 13.3. The molecule has 8 heteroatoms. The van der Waals surface area contributed by atoms with E-state index in [2.05, 4.69) is 10.6 Å². The summed E-state index contributed by atoms with van der Waals surface area (Å²) in [6.45, 7) is 2.87. The molecule has 3 aromatic rings. The van der Waals surface area contributed by atoms with Gasteiger partial charge in [0.05, 0.1) is 0 Å². The van der Waals surface area contributed by atoms with E-state index >= 15 is 0 Å². The molecular weight excluding hydrogens is 383 g/mol. The van der Waals surface area contributed by atoms with Crippen molar-refractivity contribution in [2.75, 3.05) is 10.6 Å². The number of nitrogens with one attached hydrogen (secondary N) is 2. The lowest BCUT2D eigenvalue weighted by Gasteiger charge is -2.13. The van der Waals surface area contributed by atoms with E-state index in [-0.39, 0.29) is 11.7 Å². The first kappa shape index (κ1) is 19.5. The molecule has 2 amide bonds. The third kappa shape index (κ3) is 4.72. The third-order valence-corrected chi connectivity index (χ3v) is 4.90. The molecule has 2 aromatic carbocycles. The van der Waals surface area contributed by atoms with E-state index in [1.54, 1.807) is 30.3 Å². The number of rotatable bonds is 5. The number of esters is 1. The average molecular weight is 400 g/mol. The summed E-state index contributed by atoms with van der Waals surface area (Å²) in [6.07, 6.45) is -1.02. The van der Waals surface area contributed by atoms with Gasteiger partial charge in [-0.1, -0.05) is 0 Å². The maximum absolute atomic E-state index is 13.3. The first-order chi connectivity index (χ1) is 13.3. The number of carbonyl (C=O) groups is 3. The highest BCUT2D eigenvalue weighted by atomic mass is 32.1. The molecule has 0 aliphatic carbocycles. The molecule has 0 saturated heterocycles. The number of halogens is 1. The molecule has 0 unspecified atom stereocenters. The largest absolute Gasteiger partial charge is 0.448 e. The molecule has 144 valence electrons. The van der Waals surface area contributed by atoms with Gasteiger partial charge in [-0.2, -0.15) is 0 Å². The molecule has 3 rings (SSSR count). The number of amides is 2. The molecule has 0 fully saturated rings. The lowest BCUT2D eigenvalue weighted by molar-refractivity contribution is -0.123. The van der Waals surface area contributed by atoms with Crippen LogP contribution in [0.15, 0.2) is 48.5 Å². The van der Waals surface area contributed by atoms with Gasteiger partial charge in [-0.25, -0.2) is 9.18 Å². The number of ether oxygens (including phenoxy) is 1. The molecule has 1 atom stereocenters. The van der Waals surface area contributed by atoms with Gasteiger partial charge in [-0.05, 0) is 60.8 Å². The summed E-state index contributed by atoms with van der Waals surface area (Å²) in [7, 11) is 0. The second-order valence-corrected chi connectivity index (χ2v) is 7.17. The minimum Gasteiger partial charge on any atom is -0.448 e. The van der Waals surface area contributed by atoms with Crippen LogP contribution in [-0.4, -0.2) is 23.9 Å². The molecule has 28 heavy (non-hydrogen) atoms. The van der Waals surface area contributed by atoms with Crippen LogP contribution >= 0.6 is 11.3 Å². The van der Waals surface area contributed by atoms with Gasteiger partial charge in [0.25, 0.3) is 5.91 Å². The second-order valence-electron chi connectivity index (χ2n) is 6.09. The van der Waals surface area contributed by atoms with Crippen LogP contribution in [0.25, 0.3) is 10.1 Å². The third-order valence-electron chi connectivity index (χ3n) is 3.81. The Kier molecular flexibility index (Phi) is 5.70. The summed E-state index contributed by atoms with van der Waals surface area (Å²) in [5.74, 6) is -1.72. The van der Waals surface area contributed by atoms with Crippen molar-refractivity contribution in [1.29, 1.82) is 0 Å². The molecule has 0 aliphatic rings. The lowest BCUT2D eigenvalue weighted by atomic mass is 10.2. The number of carbonyl (C=O) groups excluding carboxylic acids is 3. The molecule has 1 aromatic heterocycles. The van der Waals surface area contributed by atoms with Gasteiger partial charge in [0.1, 0.15) is 10.7 Å². The van der Waals surface area contributed by atoms with Crippen molar-refractivity contribution >= 4 is 50.6 Å². The number of thiophene rings is 1. The molecule has 2 N–H and O–H groups in total. The SMILES string of the molecule is CC(=O)Nc1ccc(NC(=O)[C@@H](C)OC(=O)c2cc3cc(F)ccc3s2)cc1. The summed E-state index contributed by atoms with van der Waals surface area (Å²) >= 11 is 1.17. The number of hydrogen-bond donors (Lipinski definition) is 2. The predicted molar refractivity (Wildman–Crippen MR) is 106 cm³/mol. The molecule has 6 nitrogen and oxygen atoms in total. The van der Waals surface area contributed by atoms with Crippen LogP contribution in [-0.2, 0) is 14.3 Å². The molecule has 1 heterocycles. The zero-order valence-electron chi connectivity index (χ0n) is 15.1.